The second-order valence-electron chi connectivity index (χ2n) is 5.76. The van der Waals surface area contributed by atoms with Crippen LogP contribution in [-0.2, 0) is 19.6 Å². The summed E-state index contributed by atoms with van der Waals surface area (Å²) >= 11 is 0. The zero-order chi connectivity index (χ0) is 17.0. The van der Waals surface area contributed by atoms with Gasteiger partial charge in [0.05, 0.1) is 25.2 Å². The average Bonchev–Trinajstić information content (AvgIpc) is 2.51. The summed E-state index contributed by atoms with van der Waals surface area (Å²) in [7, 11) is -3.58. The van der Waals surface area contributed by atoms with Crippen LogP contribution in [0.15, 0.2) is 24.3 Å². The van der Waals surface area contributed by atoms with E-state index in [1.165, 1.54) is 4.31 Å². The van der Waals surface area contributed by atoms with Crippen LogP contribution in [0.2, 0.25) is 0 Å². The SMILES string of the molecule is CC[C@H](C(=O)N1CCOCC1)N(c1cccc(C)c1)S(C)(=O)=O. The van der Waals surface area contributed by atoms with Gasteiger partial charge in [0.2, 0.25) is 15.9 Å². The topological polar surface area (TPSA) is 66.9 Å². The number of hydrogen-bond acceptors (Lipinski definition) is 4. The zero-order valence-electron chi connectivity index (χ0n) is 13.9. The summed E-state index contributed by atoms with van der Waals surface area (Å²) in [6.45, 7) is 5.71. The first-order valence-electron chi connectivity index (χ1n) is 7.77. The lowest BCUT2D eigenvalue weighted by Gasteiger charge is -2.35. The summed E-state index contributed by atoms with van der Waals surface area (Å²) in [4.78, 5) is 14.5. The molecule has 1 aromatic rings. The predicted octanol–water partition coefficient (Wildman–Crippen LogP) is 1.40. The van der Waals surface area contributed by atoms with Crippen LogP contribution < -0.4 is 4.31 Å². The highest BCUT2D eigenvalue weighted by Crippen LogP contribution is 2.24. The van der Waals surface area contributed by atoms with Gasteiger partial charge >= 0.3 is 0 Å². The van der Waals surface area contributed by atoms with Crippen molar-refractivity contribution < 1.29 is 17.9 Å². The Hall–Kier alpha value is -1.60. The minimum atomic E-state index is -3.58. The molecule has 1 heterocycles. The highest BCUT2D eigenvalue weighted by molar-refractivity contribution is 7.92. The summed E-state index contributed by atoms with van der Waals surface area (Å²) in [5, 5.41) is 0. The van der Waals surface area contributed by atoms with E-state index in [1.807, 2.05) is 19.9 Å². The third-order valence-electron chi connectivity index (χ3n) is 3.89. The molecule has 0 aromatic heterocycles. The van der Waals surface area contributed by atoms with Crippen LogP contribution in [0.25, 0.3) is 0 Å². The second kappa shape index (κ2) is 7.31. The third kappa shape index (κ3) is 4.23. The Bertz CT molecular complexity index is 654. The Morgan fingerprint density at radius 1 is 1.35 bits per heavy atom. The van der Waals surface area contributed by atoms with Crippen molar-refractivity contribution in [3.8, 4) is 0 Å². The molecule has 0 saturated carbocycles. The molecule has 1 aliphatic rings. The number of sulfonamides is 1. The molecule has 0 bridgehead atoms. The van der Waals surface area contributed by atoms with Crippen LogP contribution in [-0.4, -0.2) is 57.8 Å². The van der Waals surface area contributed by atoms with Crippen molar-refractivity contribution in [1.29, 1.82) is 0 Å². The number of benzene rings is 1. The predicted molar refractivity (Wildman–Crippen MR) is 90.0 cm³/mol. The number of nitrogens with zero attached hydrogens (tertiary/aromatic N) is 2. The largest absolute Gasteiger partial charge is 0.378 e. The molecule has 0 N–H and O–H groups in total. The van der Waals surface area contributed by atoms with Gasteiger partial charge < -0.3 is 9.64 Å². The Morgan fingerprint density at radius 3 is 2.52 bits per heavy atom. The van der Waals surface area contributed by atoms with Gasteiger partial charge in [-0.15, -0.1) is 0 Å². The molecule has 1 fully saturated rings. The van der Waals surface area contributed by atoms with E-state index in [1.54, 1.807) is 23.1 Å². The lowest BCUT2D eigenvalue weighted by molar-refractivity contribution is -0.136. The van der Waals surface area contributed by atoms with Crippen LogP contribution in [0.1, 0.15) is 18.9 Å². The third-order valence-corrected chi connectivity index (χ3v) is 5.07. The molecule has 6 nitrogen and oxygen atoms in total. The molecule has 1 aliphatic heterocycles. The van der Waals surface area contributed by atoms with Crippen LogP contribution in [0, 0.1) is 6.92 Å². The van der Waals surface area contributed by atoms with E-state index < -0.39 is 16.1 Å². The number of amides is 1. The van der Waals surface area contributed by atoms with Gasteiger partial charge in [-0.25, -0.2) is 8.42 Å². The molecular formula is C16H24N2O4S. The minimum Gasteiger partial charge on any atom is -0.378 e. The Labute approximate surface area is 138 Å². The summed E-state index contributed by atoms with van der Waals surface area (Å²) in [6.07, 6.45) is 1.56. The van der Waals surface area contributed by atoms with Gasteiger partial charge in [0.25, 0.3) is 0 Å². The number of carbonyl (C=O) groups is 1. The van der Waals surface area contributed by atoms with Gasteiger partial charge in [-0.1, -0.05) is 19.1 Å². The normalized spacial score (nSPS) is 16.9. The molecule has 23 heavy (non-hydrogen) atoms. The average molecular weight is 340 g/mol. The lowest BCUT2D eigenvalue weighted by atomic mass is 10.1. The van der Waals surface area contributed by atoms with Crippen LogP contribution in [0.3, 0.4) is 0 Å². The van der Waals surface area contributed by atoms with Gasteiger partial charge in [0.15, 0.2) is 0 Å². The van der Waals surface area contributed by atoms with E-state index in [0.717, 1.165) is 11.8 Å². The molecule has 1 amide bonds. The standard InChI is InChI=1S/C16H24N2O4S/c1-4-15(16(19)17-8-10-22-11-9-17)18(23(3,20)21)14-7-5-6-13(2)12-14/h5-7,12,15H,4,8-11H2,1-3H3/t15-/m1/s1. The van der Waals surface area contributed by atoms with Crippen molar-refractivity contribution in [3.05, 3.63) is 29.8 Å². The van der Waals surface area contributed by atoms with Crippen molar-refractivity contribution >= 4 is 21.6 Å². The summed E-state index contributed by atoms with van der Waals surface area (Å²) in [5.41, 5.74) is 1.48. The smallest absolute Gasteiger partial charge is 0.246 e. The molecular weight excluding hydrogens is 316 g/mol. The van der Waals surface area contributed by atoms with Crippen molar-refractivity contribution in [2.24, 2.45) is 0 Å². The van der Waals surface area contributed by atoms with E-state index in [4.69, 9.17) is 4.74 Å². The van der Waals surface area contributed by atoms with Crippen LogP contribution in [0.4, 0.5) is 5.69 Å². The Balaban J connectivity index is 2.38. The Morgan fingerprint density at radius 2 is 2.00 bits per heavy atom. The van der Waals surface area contributed by atoms with Crippen molar-refractivity contribution in [3.63, 3.8) is 0 Å². The molecule has 128 valence electrons. The number of anilines is 1. The van der Waals surface area contributed by atoms with Crippen molar-refractivity contribution in [2.45, 2.75) is 26.3 Å². The molecule has 7 heteroatoms. The quantitative estimate of drug-likeness (QED) is 0.813. The highest BCUT2D eigenvalue weighted by atomic mass is 32.2. The van der Waals surface area contributed by atoms with Gasteiger partial charge in [-0.2, -0.15) is 0 Å². The molecule has 0 spiro atoms. The monoisotopic (exact) mass is 340 g/mol. The van der Waals surface area contributed by atoms with Gasteiger partial charge in [0.1, 0.15) is 6.04 Å². The molecule has 0 aliphatic carbocycles. The van der Waals surface area contributed by atoms with E-state index >= 15 is 0 Å². The maximum atomic E-state index is 12.8. The van der Waals surface area contributed by atoms with Gasteiger partial charge in [-0.05, 0) is 31.0 Å². The Kier molecular flexibility index (Phi) is 5.64. The fourth-order valence-electron chi connectivity index (χ4n) is 2.80. The van der Waals surface area contributed by atoms with Gasteiger partial charge in [0, 0.05) is 13.1 Å². The zero-order valence-corrected chi connectivity index (χ0v) is 14.7. The maximum Gasteiger partial charge on any atom is 0.246 e. The number of morpholine rings is 1. The van der Waals surface area contributed by atoms with E-state index in [0.29, 0.717) is 38.4 Å². The molecule has 0 radical (unpaired) electrons. The molecule has 1 atom stereocenters. The lowest BCUT2D eigenvalue weighted by Crippen LogP contribution is -2.53. The van der Waals surface area contributed by atoms with E-state index in [2.05, 4.69) is 0 Å². The number of aryl methyl sites for hydroxylation is 1. The summed E-state index contributed by atoms with van der Waals surface area (Å²) in [5.74, 6) is -0.164. The first kappa shape index (κ1) is 17.7. The fraction of sp³-hybridized carbons (Fsp3) is 0.562. The summed E-state index contributed by atoms with van der Waals surface area (Å²) < 4.78 is 31.2. The number of hydrogen-bond donors (Lipinski definition) is 0. The number of rotatable bonds is 5. The van der Waals surface area contributed by atoms with Gasteiger partial charge in [-0.3, -0.25) is 9.10 Å². The minimum absolute atomic E-state index is 0.164. The molecule has 1 aromatic carbocycles. The number of ether oxygens (including phenoxy) is 1. The van der Waals surface area contributed by atoms with Crippen molar-refractivity contribution in [1.82, 2.24) is 4.90 Å². The molecule has 0 unspecified atom stereocenters. The highest BCUT2D eigenvalue weighted by Gasteiger charge is 2.34. The summed E-state index contributed by atoms with van der Waals surface area (Å²) in [6, 6.07) is 6.48. The molecule has 1 saturated heterocycles. The van der Waals surface area contributed by atoms with Crippen LogP contribution in [0.5, 0.6) is 0 Å². The second-order valence-corrected chi connectivity index (χ2v) is 7.62. The first-order valence-corrected chi connectivity index (χ1v) is 9.62. The van der Waals surface area contributed by atoms with E-state index in [-0.39, 0.29) is 5.91 Å². The van der Waals surface area contributed by atoms with Crippen LogP contribution >= 0.6 is 0 Å². The number of carbonyl (C=O) groups excluding carboxylic acids is 1. The van der Waals surface area contributed by atoms with E-state index in [9.17, 15) is 13.2 Å². The maximum absolute atomic E-state index is 12.8. The first-order chi connectivity index (χ1) is 10.8. The molecule has 2 rings (SSSR count). The fourth-order valence-corrected chi connectivity index (χ4v) is 4.00. The van der Waals surface area contributed by atoms with Crippen molar-refractivity contribution in [2.75, 3.05) is 36.9 Å².